The molecular weight excluding hydrogens is 338 g/mol. The number of likely N-dealkylation sites (N-methyl/N-ethyl adjacent to an activating group) is 1. The van der Waals surface area contributed by atoms with E-state index in [0.29, 0.717) is 5.92 Å². The Morgan fingerprint density at radius 2 is 2.04 bits per heavy atom. The van der Waals surface area contributed by atoms with Crippen molar-refractivity contribution in [2.75, 3.05) is 20.2 Å². The molecule has 1 aliphatic carbocycles. The summed E-state index contributed by atoms with van der Waals surface area (Å²) in [5.41, 5.74) is 3.30. The third kappa shape index (κ3) is 6.21. The monoisotopic (exact) mass is 369 g/mol. The number of aromatic amines is 1. The maximum Gasteiger partial charge on any atom is 0.251 e. The van der Waals surface area contributed by atoms with Gasteiger partial charge in [-0.05, 0) is 51.0 Å². The lowest BCUT2D eigenvalue weighted by Crippen LogP contribution is -2.37. The average molecular weight is 370 g/mol. The molecule has 5 nitrogen and oxygen atoms in total. The molecule has 2 aromatic rings. The zero-order valence-corrected chi connectivity index (χ0v) is 16.5. The summed E-state index contributed by atoms with van der Waals surface area (Å²) in [4.78, 5) is 14.1. The van der Waals surface area contributed by atoms with E-state index in [1.165, 1.54) is 18.5 Å². The Hall–Kier alpha value is -2.14. The van der Waals surface area contributed by atoms with Crippen molar-refractivity contribution in [1.82, 2.24) is 15.1 Å². The molecule has 1 heterocycles. The summed E-state index contributed by atoms with van der Waals surface area (Å²) in [5, 5.41) is 7.53. The highest BCUT2D eigenvalue weighted by atomic mass is 16.5. The molecule has 0 aliphatic heterocycles. The average Bonchev–Trinajstić information content (AvgIpc) is 3.41. The van der Waals surface area contributed by atoms with Crippen LogP contribution in [0.15, 0.2) is 36.4 Å². The summed E-state index contributed by atoms with van der Waals surface area (Å²) in [6.45, 7) is 3.38. The lowest BCUT2D eigenvalue weighted by atomic mass is 10.1. The lowest BCUT2D eigenvalue weighted by Gasteiger charge is -2.21. The molecule has 1 atom stereocenters. The normalized spacial score (nSPS) is 14.9. The van der Waals surface area contributed by atoms with Gasteiger partial charge in [0.25, 0.3) is 5.91 Å². The number of aromatic nitrogens is 2. The van der Waals surface area contributed by atoms with E-state index in [-0.39, 0.29) is 12.0 Å². The zero-order valence-electron chi connectivity index (χ0n) is 16.5. The SMILES string of the molecule is CC(OCC1CC1)C(=O)N(C)CCCCCc1cc(-c2ccccc2)n[nH]1. The maximum atomic E-state index is 12.3. The number of nitrogens with zero attached hydrogens (tertiary/aromatic N) is 2. The Morgan fingerprint density at radius 3 is 2.78 bits per heavy atom. The van der Waals surface area contributed by atoms with Crippen molar-refractivity contribution in [3.8, 4) is 11.3 Å². The predicted octanol–water partition coefficient (Wildman–Crippen LogP) is 4.06. The van der Waals surface area contributed by atoms with Crippen LogP contribution in [0.1, 0.15) is 44.7 Å². The number of hydrogen-bond donors (Lipinski definition) is 1. The smallest absolute Gasteiger partial charge is 0.251 e. The van der Waals surface area contributed by atoms with Gasteiger partial charge in [-0.2, -0.15) is 5.10 Å². The maximum absolute atomic E-state index is 12.3. The van der Waals surface area contributed by atoms with Crippen LogP contribution in [-0.4, -0.2) is 47.3 Å². The molecule has 0 spiro atoms. The molecule has 27 heavy (non-hydrogen) atoms. The van der Waals surface area contributed by atoms with Gasteiger partial charge < -0.3 is 9.64 Å². The molecule has 1 unspecified atom stereocenters. The molecule has 146 valence electrons. The highest BCUT2D eigenvalue weighted by Gasteiger charge is 2.25. The first kappa shape index (κ1) is 19.6. The van der Waals surface area contributed by atoms with Gasteiger partial charge in [-0.1, -0.05) is 36.8 Å². The number of unbranched alkanes of at least 4 members (excludes halogenated alkanes) is 2. The van der Waals surface area contributed by atoms with Crippen LogP contribution in [0.4, 0.5) is 0 Å². The Balaban J connectivity index is 1.30. The minimum Gasteiger partial charge on any atom is -0.368 e. The fraction of sp³-hybridized carbons (Fsp3) is 0.545. The van der Waals surface area contributed by atoms with Crippen LogP contribution in [0.25, 0.3) is 11.3 Å². The number of hydrogen-bond acceptors (Lipinski definition) is 3. The topological polar surface area (TPSA) is 58.2 Å². The molecule has 1 N–H and O–H groups in total. The largest absolute Gasteiger partial charge is 0.368 e. The summed E-state index contributed by atoms with van der Waals surface area (Å²) >= 11 is 0. The van der Waals surface area contributed by atoms with Crippen LogP contribution in [0.2, 0.25) is 0 Å². The fourth-order valence-corrected chi connectivity index (χ4v) is 3.14. The second-order valence-electron chi connectivity index (χ2n) is 7.63. The molecule has 0 radical (unpaired) electrons. The van der Waals surface area contributed by atoms with Gasteiger partial charge >= 0.3 is 0 Å². The minimum absolute atomic E-state index is 0.0942. The quantitative estimate of drug-likeness (QED) is 0.608. The van der Waals surface area contributed by atoms with Crippen molar-refractivity contribution in [3.63, 3.8) is 0 Å². The summed E-state index contributed by atoms with van der Waals surface area (Å²) < 4.78 is 5.67. The number of amides is 1. The van der Waals surface area contributed by atoms with Crippen molar-refractivity contribution in [1.29, 1.82) is 0 Å². The van der Waals surface area contributed by atoms with E-state index in [4.69, 9.17) is 4.74 Å². The summed E-state index contributed by atoms with van der Waals surface area (Å²) in [7, 11) is 1.88. The first-order valence-corrected chi connectivity index (χ1v) is 10.1. The van der Waals surface area contributed by atoms with E-state index in [1.807, 2.05) is 32.2 Å². The van der Waals surface area contributed by atoms with Crippen molar-refractivity contribution in [2.45, 2.75) is 51.6 Å². The minimum atomic E-state index is -0.322. The van der Waals surface area contributed by atoms with Gasteiger partial charge in [-0.3, -0.25) is 9.89 Å². The van der Waals surface area contributed by atoms with Crippen LogP contribution in [0.3, 0.4) is 0 Å². The lowest BCUT2D eigenvalue weighted by molar-refractivity contribution is -0.141. The fourth-order valence-electron chi connectivity index (χ4n) is 3.14. The number of carbonyl (C=O) groups is 1. The first-order chi connectivity index (χ1) is 13.1. The number of rotatable bonds is 11. The van der Waals surface area contributed by atoms with Gasteiger partial charge in [0.2, 0.25) is 0 Å². The molecule has 0 bridgehead atoms. The van der Waals surface area contributed by atoms with E-state index in [9.17, 15) is 4.79 Å². The van der Waals surface area contributed by atoms with E-state index < -0.39 is 0 Å². The molecule has 1 saturated carbocycles. The van der Waals surface area contributed by atoms with E-state index in [1.54, 1.807) is 4.90 Å². The molecule has 1 aromatic carbocycles. The first-order valence-electron chi connectivity index (χ1n) is 10.1. The number of benzene rings is 1. The molecule has 1 amide bonds. The van der Waals surface area contributed by atoms with Gasteiger partial charge in [0.1, 0.15) is 6.10 Å². The molecule has 1 aromatic heterocycles. The third-order valence-electron chi connectivity index (χ3n) is 5.14. The summed E-state index contributed by atoms with van der Waals surface area (Å²) in [6.07, 6.45) is 6.35. The van der Waals surface area contributed by atoms with Gasteiger partial charge in [0.05, 0.1) is 12.3 Å². The molecule has 5 heteroatoms. The molecule has 1 aliphatic rings. The second-order valence-corrected chi connectivity index (χ2v) is 7.63. The van der Waals surface area contributed by atoms with Crippen LogP contribution < -0.4 is 0 Å². The number of aryl methyl sites for hydroxylation is 1. The predicted molar refractivity (Wildman–Crippen MR) is 107 cm³/mol. The van der Waals surface area contributed by atoms with E-state index in [2.05, 4.69) is 28.4 Å². The number of ether oxygens (including phenoxy) is 1. The number of H-pyrrole nitrogens is 1. The standard InChI is InChI=1S/C22H31N3O2/c1-17(27-16-18-12-13-18)22(26)25(2)14-8-4-7-11-20-15-21(24-23-20)19-9-5-3-6-10-19/h3,5-6,9-10,15,17-18H,4,7-8,11-14,16H2,1-2H3,(H,23,24). The van der Waals surface area contributed by atoms with Crippen LogP contribution >= 0.6 is 0 Å². The molecule has 3 rings (SSSR count). The van der Waals surface area contributed by atoms with Crippen molar-refractivity contribution in [3.05, 3.63) is 42.1 Å². The Kier molecular flexibility index (Phi) is 7.04. The van der Waals surface area contributed by atoms with Crippen LogP contribution in [-0.2, 0) is 16.0 Å². The highest BCUT2D eigenvalue weighted by molar-refractivity contribution is 5.80. The van der Waals surface area contributed by atoms with E-state index in [0.717, 1.165) is 50.1 Å². The summed E-state index contributed by atoms with van der Waals surface area (Å²) in [6, 6.07) is 12.3. The van der Waals surface area contributed by atoms with Gasteiger partial charge in [-0.25, -0.2) is 0 Å². The van der Waals surface area contributed by atoms with Crippen LogP contribution in [0.5, 0.6) is 0 Å². The van der Waals surface area contributed by atoms with Crippen LogP contribution in [0, 0.1) is 5.92 Å². The number of nitrogens with one attached hydrogen (secondary N) is 1. The molecule has 0 saturated heterocycles. The van der Waals surface area contributed by atoms with Crippen molar-refractivity contribution < 1.29 is 9.53 Å². The third-order valence-corrected chi connectivity index (χ3v) is 5.14. The zero-order chi connectivity index (χ0) is 19.1. The Bertz CT molecular complexity index is 709. The molecule has 1 fully saturated rings. The van der Waals surface area contributed by atoms with Crippen molar-refractivity contribution >= 4 is 5.91 Å². The Labute approximate surface area is 162 Å². The Morgan fingerprint density at radius 1 is 1.26 bits per heavy atom. The highest BCUT2D eigenvalue weighted by Crippen LogP contribution is 2.29. The van der Waals surface area contributed by atoms with Gasteiger partial charge in [0.15, 0.2) is 0 Å². The van der Waals surface area contributed by atoms with Crippen molar-refractivity contribution in [2.24, 2.45) is 5.92 Å². The number of carbonyl (C=O) groups excluding carboxylic acids is 1. The summed E-state index contributed by atoms with van der Waals surface area (Å²) in [5.74, 6) is 0.784. The molecular formula is C22H31N3O2. The van der Waals surface area contributed by atoms with Gasteiger partial charge in [-0.15, -0.1) is 0 Å². The second kappa shape index (κ2) is 9.70. The van der Waals surface area contributed by atoms with Gasteiger partial charge in [0, 0.05) is 24.8 Å². The van der Waals surface area contributed by atoms with E-state index >= 15 is 0 Å².